The van der Waals surface area contributed by atoms with Gasteiger partial charge in [-0.1, -0.05) is 13.8 Å². The number of amides is 2. The van der Waals surface area contributed by atoms with E-state index in [1.54, 1.807) is 26.8 Å². The Hall–Kier alpha value is -2.85. The van der Waals surface area contributed by atoms with Crippen LogP contribution in [0.1, 0.15) is 31.3 Å². The van der Waals surface area contributed by atoms with Gasteiger partial charge in [-0.3, -0.25) is 9.59 Å². The van der Waals surface area contributed by atoms with E-state index < -0.39 is 21.8 Å². The lowest BCUT2D eigenvalue weighted by atomic mass is 10.3. The van der Waals surface area contributed by atoms with Gasteiger partial charge in [-0.2, -0.15) is 4.31 Å². The van der Waals surface area contributed by atoms with Crippen molar-refractivity contribution in [3.63, 3.8) is 0 Å². The number of ether oxygens (including phenoxy) is 1. The smallest absolute Gasteiger partial charge is 0.289 e. The zero-order valence-electron chi connectivity index (χ0n) is 17.5. The van der Waals surface area contributed by atoms with Crippen molar-refractivity contribution in [3.8, 4) is 5.75 Å². The second-order valence-electron chi connectivity index (χ2n) is 6.37. The van der Waals surface area contributed by atoms with Crippen LogP contribution in [0.15, 0.2) is 45.9 Å². The number of carbonyl (C=O) groups is 2. The van der Waals surface area contributed by atoms with Crippen molar-refractivity contribution in [2.45, 2.75) is 25.7 Å². The minimum absolute atomic E-state index is 0.0463. The van der Waals surface area contributed by atoms with Gasteiger partial charge >= 0.3 is 0 Å². The Kier molecular flexibility index (Phi) is 8.01. The molecular formula is C20H27N3O6S. The van der Waals surface area contributed by atoms with Crippen LogP contribution in [0.25, 0.3) is 0 Å². The molecule has 1 N–H and O–H groups in total. The van der Waals surface area contributed by atoms with E-state index in [1.807, 2.05) is 0 Å². The normalized spacial score (nSPS) is 11.4. The molecule has 0 spiro atoms. The Balaban J connectivity index is 2.23. The number of carbonyl (C=O) groups excluding carboxylic acids is 2. The van der Waals surface area contributed by atoms with Crippen molar-refractivity contribution in [1.29, 1.82) is 0 Å². The lowest BCUT2D eigenvalue weighted by Crippen LogP contribution is -2.35. The summed E-state index contributed by atoms with van der Waals surface area (Å²) in [5.41, 5.74) is 0.217. The van der Waals surface area contributed by atoms with Crippen molar-refractivity contribution in [2.24, 2.45) is 0 Å². The quantitative estimate of drug-likeness (QED) is 0.611. The molecule has 10 heteroatoms. The molecule has 0 aliphatic heterocycles. The van der Waals surface area contributed by atoms with E-state index in [1.165, 1.54) is 46.8 Å². The van der Waals surface area contributed by atoms with Crippen molar-refractivity contribution >= 4 is 27.5 Å². The predicted octanol–water partition coefficient (Wildman–Crippen LogP) is 2.42. The fraction of sp³-hybridized carbons (Fsp3) is 0.400. The molecule has 9 nitrogen and oxygen atoms in total. The van der Waals surface area contributed by atoms with Crippen LogP contribution >= 0.6 is 0 Å². The average Bonchev–Trinajstić information content (AvgIpc) is 3.24. The fourth-order valence-electron chi connectivity index (χ4n) is 2.83. The standard InChI is InChI=1S/C20H27N3O6S/c1-5-23(6-2)30(26,27)15-10-11-17(28-7-3)16(13-15)21-19(24)14-22(4)20(25)18-9-8-12-29-18/h8-13H,5-7,14H2,1-4H3,(H,21,24). The SMILES string of the molecule is CCOc1ccc(S(=O)(=O)N(CC)CC)cc1NC(=O)CN(C)C(=O)c1ccco1. The van der Waals surface area contributed by atoms with Gasteiger partial charge in [-0.15, -0.1) is 0 Å². The van der Waals surface area contributed by atoms with E-state index in [9.17, 15) is 18.0 Å². The monoisotopic (exact) mass is 437 g/mol. The van der Waals surface area contributed by atoms with Crippen molar-refractivity contribution in [1.82, 2.24) is 9.21 Å². The van der Waals surface area contributed by atoms with Crippen LogP contribution in [0.5, 0.6) is 5.75 Å². The molecule has 0 atom stereocenters. The molecule has 1 aromatic heterocycles. The van der Waals surface area contributed by atoms with Crippen LogP contribution in [-0.4, -0.2) is 62.7 Å². The van der Waals surface area contributed by atoms with Crippen molar-refractivity contribution in [2.75, 3.05) is 38.6 Å². The largest absolute Gasteiger partial charge is 0.492 e. The Morgan fingerprint density at radius 2 is 1.83 bits per heavy atom. The maximum absolute atomic E-state index is 12.8. The molecule has 2 amide bonds. The van der Waals surface area contributed by atoms with E-state index in [2.05, 4.69) is 5.32 Å². The molecule has 0 saturated heterocycles. The number of hydrogen-bond acceptors (Lipinski definition) is 6. The van der Waals surface area contributed by atoms with Gasteiger partial charge in [-0.25, -0.2) is 8.42 Å². The number of sulfonamides is 1. The van der Waals surface area contributed by atoms with E-state index >= 15 is 0 Å². The first kappa shape index (κ1) is 23.4. The van der Waals surface area contributed by atoms with Gasteiger partial charge in [0.1, 0.15) is 5.75 Å². The van der Waals surface area contributed by atoms with Crippen LogP contribution in [0.3, 0.4) is 0 Å². The molecule has 1 heterocycles. The summed E-state index contributed by atoms with van der Waals surface area (Å²) in [6.07, 6.45) is 1.37. The predicted molar refractivity (Wildman–Crippen MR) is 112 cm³/mol. The van der Waals surface area contributed by atoms with Gasteiger partial charge < -0.3 is 19.4 Å². The number of rotatable bonds is 10. The first-order chi connectivity index (χ1) is 14.2. The van der Waals surface area contributed by atoms with Crippen LogP contribution in [0.4, 0.5) is 5.69 Å². The number of nitrogens with zero attached hydrogens (tertiary/aromatic N) is 2. The number of hydrogen-bond donors (Lipinski definition) is 1. The maximum Gasteiger partial charge on any atom is 0.289 e. The summed E-state index contributed by atoms with van der Waals surface area (Å²) >= 11 is 0. The molecule has 0 fully saturated rings. The summed E-state index contributed by atoms with van der Waals surface area (Å²) in [6.45, 7) is 6.02. The molecule has 30 heavy (non-hydrogen) atoms. The fourth-order valence-corrected chi connectivity index (χ4v) is 4.31. The molecule has 0 bridgehead atoms. The van der Waals surface area contributed by atoms with E-state index in [0.717, 1.165) is 0 Å². The minimum atomic E-state index is -3.71. The Bertz CT molecular complexity index is 968. The molecule has 2 aromatic rings. The molecule has 0 radical (unpaired) electrons. The van der Waals surface area contributed by atoms with E-state index in [4.69, 9.17) is 9.15 Å². The van der Waals surface area contributed by atoms with Crippen LogP contribution in [-0.2, 0) is 14.8 Å². The summed E-state index contributed by atoms with van der Waals surface area (Å²) in [6, 6.07) is 7.40. The second kappa shape index (κ2) is 10.3. The highest BCUT2D eigenvalue weighted by Gasteiger charge is 2.24. The summed E-state index contributed by atoms with van der Waals surface area (Å²) in [7, 11) is -2.24. The molecule has 0 unspecified atom stereocenters. The Morgan fingerprint density at radius 1 is 1.13 bits per heavy atom. The molecule has 1 aromatic carbocycles. The number of anilines is 1. The highest BCUT2D eigenvalue weighted by molar-refractivity contribution is 7.89. The Labute approximate surface area is 176 Å². The van der Waals surface area contributed by atoms with Gasteiger partial charge in [0.2, 0.25) is 15.9 Å². The van der Waals surface area contributed by atoms with Gasteiger partial charge in [0.15, 0.2) is 5.76 Å². The lowest BCUT2D eigenvalue weighted by Gasteiger charge is -2.20. The lowest BCUT2D eigenvalue weighted by molar-refractivity contribution is -0.116. The third-order valence-corrected chi connectivity index (χ3v) is 6.37. The molecule has 0 saturated carbocycles. The van der Waals surface area contributed by atoms with Gasteiger partial charge in [0.25, 0.3) is 5.91 Å². The number of furan rings is 1. The van der Waals surface area contributed by atoms with E-state index in [-0.39, 0.29) is 22.9 Å². The van der Waals surface area contributed by atoms with E-state index in [0.29, 0.717) is 25.4 Å². The highest BCUT2D eigenvalue weighted by Crippen LogP contribution is 2.29. The third-order valence-electron chi connectivity index (χ3n) is 4.33. The topological polar surface area (TPSA) is 109 Å². The molecule has 0 aliphatic rings. The van der Waals surface area contributed by atoms with Crippen LogP contribution in [0.2, 0.25) is 0 Å². The third kappa shape index (κ3) is 5.39. The second-order valence-corrected chi connectivity index (χ2v) is 8.30. The summed E-state index contributed by atoms with van der Waals surface area (Å²) in [5, 5.41) is 2.64. The van der Waals surface area contributed by atoms with Crippen molar-refractivity contribution in [3.05, 3.63) is 42.4 Å². The highest BCUT2D eigenvalue weighted by atomic mass is 32.2. The molecule has 2 rings (SSSR count). The number of nitrogens with one attached hydrogen (secondary N) is 1. The summed E-state index contributed by atoms with van der Waals surface area (Å²) < 4.78 is 37.5. The molecule has 164 valence electrons. The molecular weight excluding hydrogens is 410 g/mol. The average molecular weight is 438 g/mol. The molecule has 0 aliphatic carbocycles. The Morgan fingerprint density at radius 3 is 2.40 bits per heavy atom. The van der Waals surface area contributed by atoms with Gasteiger partial charge in [-0.05, 0) is 37.3 Å². The van der Waals surface area contributed by atoms with Gasteiger partial charge in [0, 0.05) is 20.1 Å². The first-order valence-corrected chi connectivity index (χ1v) is 11.0. The number of likely N-dealkylation sites (N-methyl/N-ethyl adjacent to an activating group) is 1. The summed E-state index contributed by atoms with van der Waals surface area (Å²) in [5.74, 6) is -0.495. The summed E-state index contributed by atoms with van der Waals surface area (Å²) in [4.78, 5) is 26.0. The van der Waals surface area contributed by atoms with Crippen molar-refractivity contribution < 1.29 is 27.2 Å². The van der Waals surface area contributed by atoms with Crippen LogP contribution < -0.4 is 10.1 Å². The zero-order chi connectivity index (χ0) is 22.3. The number of benzene rings is 1. The minimum Gasteiger partial charge on any atom is -0.492 e. The maximum atomic E-state index is 12.8. The first-order valence-electron chi connectivity index (χ1n) is 9.60. The van der Waals surface area contributed by atoms with Gasteiger partial charge in [0.05, 0.1) is 30.0 Å². The zero-order valence-corrected chi connectivity index (χ0v) is 18.4. The van der Waals surface area contributed by atoms with Crippen LogP contribution in [0, 0.1) is 0 Å².